The average molecular weight is 438 g/mol. The molecule has 0 aliphatic heterocycles. The van der Waals surface area contributed by atoms with Crippen LogP contribution in [-0.2, 0) is 10.0 Å². The summed E-state index contributed by atoms with van der Waals surface area (Å²) in [5, 5.41) is 0.660. The second-order valence-electron chi connectivity index (χ2n) is 6.82. The molecule has 0 saturated heterocycles. The van der Waals surface area contributed by atoms with Crippen molar-refractivity contribution >= 4 is 21.6 Å². The summed E-state index contributed by atoms with van der Waals surface area (Å²) in [5.41, 5.74) is 2.89. The van der Waals surface area contributed by atoms with Crippen molar-refractivity contribution in [3.63, 3.8) is 0 Å². The van der Waals surface area contributed by atoms with E-state index in [9.17, 15) is 8.42 Å². The molecule has 30 heavy (non-hydrogen) atoms. The van der Waals surface area contributed by atoms with E-state index >= 15 is 0 Å². The van der Waals surface area contributed by atoms with Crippen molar-refractivity contribution in [1.82, 2.24) is 14.3 Å². The standard InChI is InChI=1S/C23H20ClN3O2S/c24-21-10-6-18(7-11-21)19-8-12-22(13-9-19)30(28,29)26-16-23(27-15-14-25-17-27)20-4-2-1-3-5-20/h1-15,17,23,26H,16H2. The summed E-state index contributed by atoms with van der Waals surface area (Å²) in [5.74, 6) is 0. The van der Waals surface area contributed by atoms with E-state index in [0.717, 1.165) is 16.7 Å². The van der Waals surface area contributed by atoms with E-state index in [0.29, 0.717) is 5.02 Å². The van der Waals surface area contributed by atoms with Gasteiger partial charge in [0.2, 0.25) is 10.0 Å². The highest BCUT2D eigenvalue weighted by Gasteiger charge is 2.19. The van der Waals surface area contributed by atoms with Crippen molar-refractivity contribution in [2.75, 3.05) is 6.54 Å². The number of halogens is 1. The van der Waals surface area contributed by atoms with E-state index in [2.05, 4.69) is 9.71 Å². The van der Waals surface area contributed by atoms with E-state index in [1.54, 1.807) is 36.8 Å². The highest BCUT2D eigenvalue weighted by molar-refractivity contribution is 7.89. The van der Waals surface area contributed by atoms with E-state index in [4.69, 9.17) is 11.6 Å². The molecule has 1 N–H and O–H groups in total. The fraction of sp³-hybridized carbons (Fsp3) is 0.0870. The van der Waals surface area contributed by atoms with Crippen molar-refractivity contribution < 1.29 is 8.42 Å². The van der Waals surface area contributed by atoms with Gasteiger partial charge in [-0.25, -0.2) is 18.1 Å². The molecule has 5 nitrogen and oxygen atoms in total. The zero-order chi connectivity index (χ0) is 21.0. The van der Waals surface area contributed by atoms with Gasteiger partial charge < -0.3 is 4.57 Å². The largest absolute Gasteiger partial charge is 0.329 e. The first kappa shape index (κ1) is 20.3. The third kappa shape index (κ3) is 4.62. The zero-order valence-electron chi connectivity index (χ0n) is 16.0. The Bertz CT molecular complexity index is 1190. The number of benzene rings is 3. The maximum Gasteiger partial charge on any atom is 0.240 e. The van der Waals surface area contributed by atoms with Crippen LogP contribution in [0.5, 0.6) is 0 Å². The second-order valence-corrected chi connectivity index (χ2v) is 9.02. The van der Waals surface area contributed by atoms with E-state index in [-0.39, 0.29) is 17.5 Å². The Balaban J connectivity index is 1.52. The van der Waals surface area contributed by atoms with Gasteiger partial charge in [-0.15, -0.1) is 0 Å². The predicted molar refractivity (Wildman–Crippen MR) is 119 cm³/mol. The minimum absolute atomic E-state index is 0.197. The lowest BCUT2D eigenvalue weighted by molar-refractivity contribution is 0.542. The number of nitrogens with one attached hydrogen (secondary N) is 1. The first-order chi connectivity index (χ1) is 14.5. The van der Waals surface area contributed by atoms with Crippen LogP contribution in [0, 0.1) is 0 Å². The monoisotopic (exact) mass is 437 g/mol. The molecule has 3 aromatic carbocycles. The number of rotatable bonds is 7. The van der Waals surface area contributed by atoms with Crippen LogP contribution in [0.2, 0.25) is 5.02 Å². The van der Waals surface area contributed by atoms with Crippen LogP contribution in [0.4, 0.5) is 0 Å². The second kappa shape index (κ2) is 8.83. The van der Waals surface area contributed by atoms with Crippen LogP contribution in [0.3, 0.4) is 0 Å². The molecule has 1 unspecified atom stereocenters. The van der Waals surface area contributed by atoms with Gasteiger partial charge in [0, 0.05) is 24.0 Å². The fourth-order valence-corrected chi connectivity index (χ4v) is 4.43. The molecule has 0 spiro atoms. The van der Waals surface area contributed by atoms with Crippen LogP contribution in [0.1, 0.15) is 11.6 Å². The summed E-state index contributed by atoms with van der Waals surface area (Å²) < 4.78 is 30.4. The SMILES string of the molecule is O=S(=O)(NCC(c1ccccc1)n1ccnc1)c1ccc(-c2ccc(Cl)cc2)cc1. The first-order valence-corrected chi connectivity index (χ1v) is 11.3. The topological polar surface area (TPSA) is 64.0 Å². The normalized spacial score (nSPS) is 12.6. The lowest BCUT2D eigenvalue weighted by atomic mass is 10.1. The molecule has 0 aliphatic carbocycles. The molecule has 0 saturated carbocycles. The average Bonchev–Trinajstić information content (AvgIpc) is 3.30. The number of hydrogen-bond donors (Lipinski definition) is 1. The molecule has 1 heterocycles. The number of imidazole rings is 1. The highest BCUT2D eigenvalue weighted by atomic mass is 35.5. The molecule has 0 radical (unpaired) electrons. The van der Waals surface area contributed by atoms with E-state index < -0.39 is 10.0 Å². The Kier molecular flexibility index (Phi) is 5.99. The third-order valence-corrected chi connectivity index (χ3v) is 6.57. The summed E-state index contributed by atoms with van der Waals surface area (Å²) >= 11 is 5.93. The van der Waals surface area contributed by atoms with Crippen molar-refractivity contribution in [2.45, 2.75) is 10.9 Å². The van der Waals surface area contributed by atoms with Gasteiger partial charge in [-0.3, -0.25) is 0 Å². The number of nitrogens with zero attached hydrogens (tertiary/aromatic N) is 2. The van der Waals surface area contributed by atoms with Crippen LogP contribution in [0.15, 0.2) is 102 Å². The van der Waals surface area contributed by atoms with Gasteiger partial charge in [0.05, 0.1) is 17.3 Å². The molecule has 4 aromatic rings. The van der Waals surface area contributed by atoms with Gasteiger partial charge in [-0.05, 0) is 41.0 Å². The molecule has 4 rings (SSSR count). The van der Waals surface area contributed by atoms with Crippen molar-refractivity contribution in [3.8, 4) is 11.1 Å². The predicted octanol–water partition coefficient (Wildman–Crippen LogP) is 4.77. The molecule has 0 fully saturated rings. The summed E-state index contributed by atoms with van der Waals surface area (Å²) in [6, 6.07) is 23.8. The molecule has 7 heteroatoms. The van der Waals surface area contributed by atoms with Crippen molar-refractivity contribution in [2.24, 2.45) is 0 Å². The molecule has 1 aromatic heterocycles. The minimum Gasteiger partial charge on any atom is -0.329 e. The Hall–Kier alpha value is -2.93. The summed E-state index contributed by atoms with van der Waals surface area (Å²) in [6.45, 7) is 0.210. The van der Waals surface area contributed by atoms with Crippen LogP contribution >= 0.6 is 11.6 Å². The number of hydrogen-bond acceptors (Lipinski definition) is 3. The highest BCUT2D eigenvalue weighted by Crippen LogP contribution is 2.23. The molecular formula is C23H20ClN3O2S. The summed E-state index contributed by atoms with van der Waals surface area (Å²) in [4.78, 5) is 4.31. The lowest BCUT2D eigenvalue weighted by Crippen LogP contribution is -2.31. The lowest BCUT2D eigenvalue weighted by Gasteiger charge is -2.19. The molecule has 0 aliphatic rings. The Morgan fingerprint density at radius 2 is 1.53 bits per heavy atom. The van der Waals surface area contributed by atoms with Gasteiger partial charge in [-0.1, -0.05) is 66.2 Å². The quantitative estimate of drug-likeness (QED) is 0.453. The van der Waals surface area contributed by atoms with Gasteiger partial charge in [-0.2, -0.15) is 0 Å². The van der Waals surface area contributed by atoms with Gasteiger partial charge in [0.1, 0.15) is 0 Å². The van der Waals surface area contributed by atoms with Crippen molar-refractivity contribution in [3.05, 3.63) is 108 Å². The smallest absolute Gasteiger partial charge is 0.240 e. The third-order valence-electron chi connectivity index (χ3n) is 4.88. The maximum atomic E-state index is 12.9. The van der Waals surface area contributed by atoms with E-state index in [1.165, 1.54) is 0 Å². The van der Waals surface area contributed by atoms with Gasteiger partial charge in [0.25, 0.3) is 0 Å². The summed E-state index contributed by atoms with van der Waals surface area (Å²) in [6.07, 6.45) is 5.19. The molecule has 152 valence electrons. The zero-order valence-corrected chi connectivity index (χ0v) is 17.6. The van der Waals surface area contributed by atoms with Crippen molar-refractivity contribution in [1.29, 1.82) is 0 Å². The van der Waals surface area contributed by atoms with Crippen LogP contribution < -0.4 is 4.72 Å². The maximum absolute atomic E-state index is 12.9. The summed E-state index contributed by atoms with van der Waals surface area (Å²) in [7, 11) is -3.66. The Morgan fingerprint density at radius 3 is 2.13 bits per heavy atom. The van der Waals surface area contributed by atoms with E-state index in [1.807, 2.05) is 65.4 Å². The first-order valence-electron chi connectivity index (χ1n) is 9.41. The molecule has 0 amide bonds. The Morgan fingerprint density at radius 1 is 0.900 bits per heavy atom. The van der Waals surface area contributed by atoms with Crippen LogP contribution in [0.25, 0.3) is 11.1 Å². The molecule has 0 bridgehead atoms. The number of aromatic nitrogens is 2. The fourth-order valence-electron chi connectivity index (χ4n) is 3.27. The molecule has 1 atom stereocenters. The minimum atomic E-state index is -3.66. The van der Waals surface area contributed by atoms with Gasteiger partial charge in [0.15, 0.2) is 0 Å². The van der Waals surface area contributed by atoms with Gasteiger partial charge >= 0.3 is 0 Å². The molecular weight excluding hydrogens is 418 g/mol. The van der Waals surface area contributed by atoms with Crippen LogP contribution in [-0.4, -0.2) is 24.5 Å². The number of sulfonamides is 1. The Labute approximate surface area is 181 Å².